The van der Waals surface area contributed by atoms with Gasteiger partial charge >= 0.3 is 0 Å². The van der Waals surface area contributed by atoms with Crippen molar-refractivity contribution in [1.82, 2.24) is 5.32 Å². The number of rotatable bonds is 5. The van der Waals surface area contributed by atoms with Gasteiger partial charge in [-0.05, 0) is 41.8 Å². The largest absolute Gasteiger partial charge is 0.486 e. The Morgan fingerprint density at radius 1 is 1.12 bits per heavy atom. The number of halogens is 2. The molecule has 0 spiro atoms. The molecule has 25 heavy (non-hydrogen) atoms. The lowest BCUT2D eigenvalue weighted by Gasteiger charge is -2.20. The molecule has 0 unspecified atom stereocenters. The van der Waals surface area contributed by atoms with Crippen molar-refractivity contribution in [3.05, 3.63) is 58.1 Å². The Morgan fingerprint density at radius 2 is 1.84 bits per heavy atom. The second-order valence-corrected chi connectivity index (χ2v) is 5.92. The third kappa shape index (κ3) is 4.78. The third-order valence-corrected chi connectivity index (χ3v) is 4.09. The fourth-order valence-electron chi connectivity index (χ4n) is 2.52. The van der Waals surface area contributed by atoms with Gasteiger partial charge in [-0.25, -0.2) is 0 Å². The van der Waals surface area contributed by atoms with Gasteiger partial charge in [0.05, 0.1) is 5.02 Å². The maximum Gasteiger partial charge on any atom is 0.251 e. The fourth-order valence-corrected chi connectivity index (χ4v) is 2.81. The monoisotopic (exact) mass is 382 g/mol. The molecule has 0 saturated carbocycles. The van der Waals surface area contributed by atoms with Crippen molar-refractivity contribution in [2.75, 3.05) is 19.8 Å². The van der Waals surface area contributed by atoms with Crippen LogP contribution < -0.4 is 20.5 Å². The molecule has 1 amide bonds. The maximum atomic E-state index is 12.1. The summed E-state index contributed by atoms with van der Waals surface area (Å²) >= 11 is 6.21. The van der Waals surface area contributed by atoms with E-state index in [0.29, 0.717) is 54.8 Å². The first-order valence-electron chi connectivity index (χ1n) is 7.82. The van der Waals surface area contributed by atoms with Crippen LogP contribution in [-0.4, -0.2) is 25.7 Å². The minimum Gasteiger partial charge on any atom is -0.486 e. The van der Waals surface area contributed by atoms with Crippen molar-refractivity contribution in [1.29, 1.82) is 0 Å². The quantitative estimate of drug-likeness (QED) is 0.833. The van der Waals surface area contributed by atoms with Crippen molar-refractivity contribution in [2.45, 2.75) is 13.0 Å². The van der Waals surface area contributed by atoms with Crippen LogP contribution in [0.1, 0.15) is 21.5 Å². The number of amides is 1. The summed E-state index contributed by atoms with van der Waals surface area (Å²) in [6.45, 7) is 1.99. The molecule has 5 nitrogen and oxygen atoms in total. The van der Waals surface area contributed by atoms with Crippen LogP contribution in [0.25, 0.3) is 0 Å². The molecule has 0 atom stereocenters. The van der Waals surface area contributed by atoms with Crippen LogP contribution in [0.3, 0.4) is 0 Å². The van der Waals surface area contributed by atoms with Crippen LogP contribution in [0.2, 0.25) is 5.02 Å². The molecule has 0 radical (unpaired) electrons. The van der Waals surface area contributed by atoms with E-state index in [0.717, 1.165) is 11.1 Å². The van der Waals surface area contributed by atoms with Gasteiger partial charge in [0.15, 0.2) is 11.5 Å². The first-order chi connectivity index (χ1) is 11.7. The number of hydrogen-bond acceptors (Lipinski definition) is 4. The molecule has 2 aromatic carbocycles. The highest BCUT2D eigenvalue weighted by atomic mass is 35.5. The number of nitrogens with two attached hydrogens (primary N) is 1. The number of ether oxygens (including phenoxy) is 2. The summed E-state index contributed by atoms with van der Waals surface area (Å²) < 4.78 is 11.0. The second-order valence-electron chi connectivity index (χ2n) is 5.51. The summed E-state index contributed by atoms with van der Waals surface area (Å²) in [7, 11) is 0. The van der Waals surface area contributed by atoms with E-state index in [9.17, 15) is 4.79 Å². The molecule has 134 valence electrons. The smallest absolute Gasteiger partial charge is 0.251 e. The number of fused-ring (bicyclic) bond motifs is 1. The lowest BCUT2D eigenvalue weighted by Crippen LogP contribution is -2.25. The molecule has 0 aliphatic carbocycles. The predicted octanol–water partition coefficient (Wildman–Crippen LogP) is 2.96. The zero-order valence-corrected chi connectivity index (χ0v) is 15.2. The normalized spacial score (nSPS) is 12.2. The Kier molecular flexibility index (Phi) is 6.93. The second kappa shape index (κ2) is 8.94. The van der Waals surface area contributed by atoms with Gasteiger partial charge in [-0.3, -0.25) is 4.79 Å². The van der Waals surface area contributed by atoms with E-state index in [1.54, 1.807) is 12.1 Å². The van der Waals surface area contributed by atoms with Crippen LogP contribution >= 0.6 is 24.0 Å². The molecule has 1 heterocycles. The van der Waals surface area contributed by atoms with Crippen LogP contribution in [0.5, 0.6) is 11.5 Å². The molecule has 3 N–H and O–H groups in total. The molecule has 3 rings (SSSR count). The highest BCUT2D eigenvalue weighted by Gasteiger charge is 2.16. The van der Waals surface area contributed by atoms with Crippen molar-refractivity contribution < 1.29 is 14.3 Å². The Hall–Kier alpha value is -1.95. The summed E-state index contributed by atoms with van der Waals surface area (Å²) in [5.74, 6) is 1.14. The molecule has 0 aromatic heterocycles. The summed E-state index contributed by atoms with van der Waals surface area (Å²) in [5, 5.41) is 3.43. The minimum absolute atomic E-state index is 0. The number of carbonyl (C=O) groups is 1. The van der Waals surface area contributed by atoms with Crippen LogP contribution in [0.15, 0.2) is 36.4 Å². The van der Waals surface area contributed by atoms with Crippen molar-refractivity contribution in [3.8, 4) is 11.5 Å². The first kappa shape index (κ1) is 19.4. The lowest BCUT2D eigenvalue weighted by molar-refractivity contribution is 0.0954. The summed E-state index contributed by atoms with van der Waals surface area (Å²) in [6, 6.07) is 11.0. The average molecular weight is 383 g/mol. The SMILES string of the molecule is Cl.NCc1ccc(C(=O)NCCc2cc(Cl)c3c(c2)OCCO3)cc1. The predicted molar refractivity (Wildman–Crippen MR) is 100 cm³/mol. The van der Waals surface area contributed by atoms with Crippen LogP contribution in [0, 0.1) is 0 Å². The molecule has 2 aromatic rings. The Bertz CT molecular complexity index is 736. The zero-order chi connectivity index (χ0) is 16.9. The summed E-state index contributed by atoms with van der Waals surface area (Å²) in [5.41, 5.74) is 8.16. The first-order valence-corrected chi connectivity index (χ1v) is 8.20. The van der Waals surface area contributed by atoms with E-state index in [1.165, 1.54) is 0 Å². The summed E-state index contributed by atoms with van der Waals surface area (Å²) in [6.07, 6.45) is 0.656. The molecule has 1 aliphatic heterocycles. The number of hydrogen-bond donors (Lipinski definition) is 2. The van der Waals surface area contributed by atoms with Gasteiger partial charge in [-0.15, -0.1) is 12.4 Å². The summed E-state index contributed by atoms with van der Waals surface area (Å²) in [4.78, 5) is 12.1. The van der Waals surface area contributed by atoms with Crippen molar-refractivity contribution >= 4 is 29.9 Å². The minimum atomic E-state index is -0.109. The van der Waals surface area contributed by atoms with Gasteiger partial charge < -0.3 is 20.5 Å². The van der Waals surface area contributed by atoms with Gasteiger partial charge in [-0.2, -0.15) is 0 Å². The molecule has 7 heteroatoms. The van der Waals surface area contributed by atoms with E-state index in [4.69, 9.17) is 26.8 Å². The van der Waals surface area contributed by atoms with E-state index < -0.39 is 0 Å². The standard InChI is InChI=1S/C18H19ClN2O3.ClH/c19-15-9-13(10-16-17(15)24-8-7-23-16)5-6-21-18(22)14-3-1-12(11-20)2-4-14;/h1-4,9-10H,5-8,11,20H2,(H,21,22);1H. The Morgan fingerprint density at radius 3 is 2.56 bits per heavy atom. The van der Waals surface area contributed by atoms with Gasteiger partial charge in [0.25, 0.3) is 5.91 Å². The molecular formula is C18H20Cl2N2O3. The maximum absolute atomic E-state index is 12.1. The number of carbonyl (C=O) groups excluding carboxylic acids is 1. The Balaban J connectivity index is 0.00000225. The fraction of sp³-hybridized carbons (Fsp3) is 0.278. The molecule has 0 saturated heterocycles. The molecule has 0 fully saturated rings. The number of benzene rings is 2. The Labute approximate surface area is 157 Å². The zero-order valence-electron chi connectivity index (χ0n) is 13.6. The van der Waals surface area contributed by atoms with Crippen LogP contribution in [-0.2, 0) is 13.0 Å². The van der Waals surface area contributed by atoms with Gasteiger partial charge in [0.1, 0.15) is 13.2 Å². The van der Waals surface area contributed by atoms with Gasteiger partial charge in [-0.1, -0.05) is 23.7 Å². The molecular weight excluding hydrogens is 363 g/mol. The van der Waals surface area contributed by atoms with Gasteiger partial charge in [0.2, 0.25) is 0 Å². The van der Waals surface area contributed by atoms with E-state index in [1.807, 2.05) is 24.3 Å². The van der Waals surface area contributed by atoms with Crippen molar-refractivity contribution in [3.63, 3.8) is 0 Å². The van der Waals surface area contributed by atoms with E-state index >= 15 is 0 Å². The van der Waals surface area contributed by atoms with E-state index in [2.05, 4.69) is 5.32 Å². The van der Waals surface area contributed by atoms with Gasteiger partial charge in [0, 0.05) is 18.7 Å². The van der Waals surface area contributed by atoms with Crippen LogP contribution in [0.4, 0.5) is 0 Å². The lowest BCUT2D eigenvalue weighted by atomic mass is 10.1. The third-order valence-electron chi connectivity index (χ3n) is 3.81. The molecule has 1 aliphatic rings. The van der Waals surface area contributed by atoms with E-state index in [-0.39, 0.29) is 18.3 Å². The molecule has 0 bridgehead atoms. The average Bonchev–Trinajstić information content (AvgIpc) is 2.62. The highest BCUT2D eigenvalue weighted by Crippen LogP contribution is 2.38. The topological polar surface area (TPSA) is 73.6 Å². The highest BCUT2D eigenvalue weighted by molar-refractivity contribution is 6.32. The number of nitrogens with one attached hydrogen (secondary N) is 1. The van der Waals surface area contributed by atoms with Crippen molar-refractivity contribution in [2.24, 2.45) is 5.73 Å².